The molecule has 6 nitrogen and oxygen atoms in total. The van der Waals surface area contributed by atoms with E-state index in [1.165, 1.54) is 24.1 Å². The molecule has 10 heteroatoms. The standard InChI is InChI=1S/C14H19F3N4O2S/c1-24-21(23)20-8-6-12(7-9-20)19-13(22)18-11-4-2-10(3-5-11)14(15,16)17/h2-5,12,23H,6-9H2,1H3,(H2,18,19,22). The van der Waals surface area contributed by atoms with Gasteiger partial charge in [-0.3, -0.25) is 5.21 Å². The lowest BCUT2D eigenvalue weighted by atomic mass is 10.1. The minimum atomic E-state index is -4.40. The highest BCUT2D eigenvalue weighted by Gasteiger charge is 2.30. The number of nitrogens with one attached hydrogen (secondary N) is 2. The number of rotatable bonds is 4. The topological polar surface area (TPSA) is 67.8 Å². The number of nitrogens with zero attached hydrogens (tertiary/aromatic N) is 2. The molecule has 2 amide bonds. The summed E-state index contributed by atoms with van der Waals surface area (Å²) in [6.45, 7) is 1.20. The maximum Gasteiger partial charge on any atom is 0.416 e. The molecule has 1 aromatic carbocycles. The van der Waals surface area contributed by atoms with E-state index in [0.29, 0.717) is 31.6 Å². The molecule has 0 spiro atoms. The van der Waals surface area contributed by atoms with Crippen LogP contribution in [0.3, 0.4) is 0 Å². The van der Waals surface area contributed by atoms with Crippen LogP contribution >= 0.6 is 11.9 Å². The molecular weight excluding hydrogens is 345 g/mol. The molecule has 0 radical (unpaired) electrons. The van der Waals surface area contributed by atoms with Gasteiger partial charge in [-0.25, -0.2) is 9.80 Å². The van der Waals surface area contributed by atoms with Crippen LogP contribution in [0.15, 0.2) is 24.3 Å². The average Bonchev–Trinajstić information content (AvgIpc) is 2.54. The minimum Gasteiger partial charge on any atom is -0.335 e. The molecule has 3 N–H and O–H groups in total. The minimum absolute atomic E-state index is 0.0500. The fraction of sp³-hybridized carbons (Fsp3) is 0.500. The third-order valence-corrected chi connectivity index (χ3v) is 4.24. The number of alkyl halides is 3. The van der Waals surface area contributed by atoms with Gasteiger partial charge in [-0.1, -0.05) is 4.58 Å². The molecule has 0 bridgehead atoms. The molecule has 134 valence electrons. The molecule has 1 fully saturated rings. The number of amides is 2. The Balaban J connectivity index is 1.80. The van der Waals surface area contributed by atoms with Crippen LogP contribution in [0.5, 0.6) is 0 Å². The number of urea groups is 1. The third-order valence-electron chi connectivity index (χ3n) is 3.68. The summed E-state index contributed by atoms with van der Waals surface area (Å²) in [6.07, 6.45) is -1.32. The van der Waals surface area contributed by atoms with Crippen molar-refractivity contribution in [2.75, 3.05) is 24.7 Å². The zero-order valence-electron chi connectivity index (χ0n) is 13.0. The van der Waals surface area contributed by atoms with Crippen molar-refractivity contribution in [1.82, 2.24) is 14.9 Å². The predicted molar refractivity (Wildman–Crippen MR) is 85.3 cm³/mol. The number of halogens is 3. The Bertz CT molecular complexity index is 548. The van der Waals surface area contributed by atoms with Crippen molar-refractivity contribution in [3.8, 4) is 0 Å². The summed E-state index contributed by atoms with van der Waals surface area (Å²) in [5.74, 6) is 0. The molecule has 24 heavy (non-hydrogen) atoms. The summed E-state index contributed by atoms with van der Waals surface area (Å²) < 4.78 is 38.5. The molecule has 0 aliphatic carbocycles. The Morgan fingerprint density at radius 3 is 2.38 bits per heavy atom. The fourth-order valence-corrected chi connectivity index (χ4v) is 2.79. The van der Waals surface area contributed by atoms with Gasteiger partial charge in [-0.05, 0) is 49.1 Å². The molecule has 1 heterocycles. The number of hydrogen-bond donors (Lipinski definition) is 3. The van der Waals surface area contributed by atoms with E-state index in [1.807, 2.05) is 0 Å². The molecule has 1 saturated heterocycles. The number of anilines is 1. The zero-order valence-corrected chi connectivity index (χ0v) is 13.8. The first kappa shape index (κ1) is 18.8. The summed E-state index contributed by atoms with van der Waals surface area (Å²) in [7, 11) is 0. The van der Waals surface area contributed by atoms with Gasteiger partial charge in [0.05, 0.1) is 5.56 Å². The van der Waals surface area contributed by atoms with Crippen molar-refractivity contribution in [3.63, 3.8) is 0 Å². The van der Waals surface area contributed by atoms with Gasteiger partial charge in [-0.15, -0.1) is 0 Å². The van der Waals surface area contributed by atoms with Crippen LogP contribution < -0.4 is 10.6 Å². The molecule has 0 saturated carbocycles. The SMILES string of the molecule is CSN(O)N1CCC(NC(=O)Nc2ccc(C(F)(F)F)cc2)CC1. The second kappa shape index (κ2) is 8.06. The highest BCUT2D eigenvalue weighted by Crippen LogP contribution is 2.29. The van der Waals surface area contributed by atoms with Gasteiger partial charge in [0, 0.05) is 31.1 Å². The average molecular weight is 364 g/mol. The van der Waals surface area contributed by atoms with Crippen molar-refractivity contribution in [2.24, 2.45) is 0 Å². The quantitative estimate of drug-likeness (QED) is 0.566. The van der Waals surface area contributed by atoms with E-state index in [4.69, 9.17) is 0 Å². The van der Waals surface area contributed by atoms with Crippen molar-refractivity contribution in [3.05, 3.63) is 29.8 Å². The van der Waals surface area contributed by atoms with Crippen molar-refractivity contribution in [2.45, 2.75) is 25.1 Å². The van der Waals surface area contributed by atoms with Gasteiger partial charge in [0.15, 0.2) is 0 Å². The van der Waals surface area contributed by atoms with Crippen LogP contribution in [0.2, 0.25) is 0 Å². The normalized spacial score (nSPS) is 17.1. The molecule has 1 aliphatic rings. The number of benzene rings is 1. The first-order chi connectivity index (χ1) is 11.3. The Labute approximate surface area is 142 Å². The Hall–Kier alpha value is -1.49. The fourth-order valence-electron chi connectivity index (χ4n) is 2.39. The lowest BCUT2D eigenvalue weighted by Gasteiger charge is -2.34. The molecule has 1 aromatic rings. The van der Waals surface area contributed by atoms with Gasteiger partial charge in [0.2, 0.25) is 0 Å². The summed E-state index contributed by atoms with van der Waals surface area (Å²) >= 11 is 1.19. The summed E-state index contributed by atoms with van der Waals surface area (Å²) in [5, 5.41) is 16.6. The van der Waals surface area contributed by atoms with Gasteiger partial charge in [0.1, 0.15) is 0 Å². The zero-order chi connectivity index (χ0) is 17.7. The van der Waals surface area contributed by atoms with Crippen LogP contribution in [0.4, 0.5) is 23.7 Å². The van der Waals surface area contributed by atoms with Crippen LogP contribution in [0.25, 0.3) is 0 Å². The first-order valence-electron chi connectivity index (χ1n) is 7.32. The van der Waals surface area contributed by atoms with Crippen LogP contribution in [-0.4, -0.2) is 46.2 Å². The lowest BCUT2D eigenvalue weighted by molar-refractivity contribution is -0.165. The summed E-state index contributed by atoms with van der Waals surface area (Å²) in [6, 6.07) is 3.77. The highest BCUT2D eigenvalue weighted by molar-refractivity contribution is 7.96. The van der Waals surface area contributed by atoms with Gasteiger partial charge >= 0.3 is 12.2 Å². The summed E-state index contributed by atoms with van der Waals surface area (Å²) in [5.41, 5.74) is -0.468. The van der Waals surface area contributed by atoms with E-state index in [2.05, 4.69) is 10.6 Å². The Morgan fingerprint density at radius 2 is 1.88 bits per heavy atom. The third kappa shape index (κ3) is 5.26. The van der Waals surface area contributed by atoms with E-state index in [0.717, 1.165) is 16.7 Å². The molecular formula is C14H19F3N4O2S. The van der Waals surface area contributed by atoms with Gasteiger partial charge in [-0.2, -0.15) is 13.2 Å². The summed E-state index contributed by atoms with van der Waals surface area (Å²) in [4.78, 5) is 11.9. The van der Waals surface area contributed by atoms with Crippen LogP contribution in [0, 0.1) is 0 Å². The first-order valence-corrected chi connectivity index (χ1v) is 8.50. The molecule has 0 aromatic heterocycles. The maximum atomic E-state index is 12.5. The molecule has 2 rings (SSSR count). The van der Waals surface area contributed by atoms with E-state index in [1.54, 1.807) is 11.3 Å². The van der Waals surface area contributed by atoms with E-state index in [9.17, 15) is 23.2 Å². The lowest BCUT2D eigenvalue weighted by Crippen LogP contribution is -2.49. The second-order valence-corrected chi connectivity index (χ2v) is 6.03. The Morgan fingerprint density at radius 1 is 1.29 bits per heavy atom. The molecule has 1 aliphatic heterocycles. The van der Waals surface area contributed by atoms with E-state index >= 15 is 0 Å². The number of hydrogen-bond acceptors (Lipinski definition) is 5. The van der Waals surface area contributed by atoms with Crippen LogP contribution in [0.1, 0.15) is 18.4 Å². The van der Waals surface area contributed by atoms with Crippen LogP contribution in [-0.2, 0) is 6.18 Å². The van der Waals surface area contributed by atoms with Gasteiger partial charge in [0.25, 0.3) is 0 Å². The smallest absolute Gasteiger partial charge is 0.335 e. The number of piperidine rings is 1. The van der Waals surface area contributed by atoms with E-state index in [-0.39, 0.29) is 6.04 Å². The largest absolute Gasteiger partial charge is 0.416 e. The number of carbonyl (C=O) groups is 1. The van der Waals surface area contributed by atoms with Crippen molar-refractivity contribution >= 4 is 23.7 Å². The maximum absolute atomic E-state index is 12.5. The molecule has 0 atom stereocenters. The van der Waals surface area contributed by atoms with Gasteiger partial charge < -0.3 is 10.6 Å². The number of carbonyl (C=O) groups excluding carboxylic acids is 1. The molecule has 0 unspecified atom stereocenters. The Kier molecular flexibility index (Phi) is 6.33. The van der Waals surface area contributed by atoms with Crippen molar-refractivity contribution in [1.29, 1.82) is 0 Å². The van der Waals surface area contributed by atoms with E-state index < -0.39 is 17.8 Å². The number of hydrazine groups is 1. The predicted octanol–water partition coefficient (Wildman–Crippen LogP) is 3.18. The monoisotopic (exact) mass is 364 g/mol. The second-order valence-electron chi connectivity index (χ2n) is 5.34. The highest BCUT2D eigenvalue weighted by atomic mass is 32.2. The van der Waals surface area contributed by atoms with Crippen molar-refractivity contribution < 1.29 is 23.2 Å².